The van der Waals surface area contributed by atoms with Crippen LogP contribution in [0.25, 0.3) is 0 Å². The maximum absolute atomic E-state index is 11.7. The Hall–Kier alpha value is -2.50. The molecular weight excluding hydrogens is 272 g/mol. The smallest absolute Gasteiger partial charge is 0.226 e. The molecule has 0 aliphatic carbocycles. The third-order valence-corrected chi connectivity index (χ3v) is 3.01. The van der Waals surface area contributed by atoms with Gasteiger partial charge in [0.05, 0.1) is 26.3 Å². The van der Waals surface area contributed by atoms with E-state index in [2.05, 4.69) is 10.3 Å². The molecule has 2 rings (SSSR count). The highest BCUT2D eigenvalue weighted by Crippen LogP contribution is 2.27. The Morgan fingerprint density at radius 2 is 2.10 bits per heavy atom. The highest BCUT2D eigenvalue weighted by Gasteiger charge is 2.07. The topological polar surface area (TPSA) is 73.6 Å². The Bertz CT molecular complexity index is 581. The van der Waals surface area contributed by atoms with Crippen LogP contribution in [-0.2, 0) is 17.6 Å². The Morgan fingerprint density at radius 3 is 2.76 bits per heavy atom. The molecule has 0 bridgehead atoms. The maximum atomic E-state index is 11.7. The molecule has 6 nitrogen and oxygen atoms in total. The zero-order valence-corrected chi connectivity index (χ0v) is 12.1. The first-order valence-corrected chi connectivity index (χ1v) is 6.57. The number of carbonyl (C=O) groups is 1. The number of hydrogen-bond acceptors (Lipinski definition) is 5. The van der Waals surface area contributed by atoms with Crippen LogP contribution >= 0.6 is 0 Å². The van der Waals surface area contributed by atoms with E-state index in [-0.39, 0.29) is 12.3 Å². The minimum absolute atomic E-state index is 0.0793. The zero-order chi connectivity index (χ0) is 15.1. The van der Waals surface area contributed by atoms with Crippen molar-refractivity contribution in [3.8, 4) is 11.5 Å². The summed E-state index contributed by atoms with van der Waals surface area (Å²) in [6.07, 6.45) is 3.72. The fraction of sp³-hybridized carbons (Fsp3) is 0.333. The Labute approximate surface area is 123 Å². The normalized spacial score (nSPS) is 10.2. The molecule has 1 aromatic heterocycles. The van der Waals surface area contributed by atoms with Crippen LogP contribution in [-0.4, -0.2) is 31.7 Å². The number of amides is 1. The lowest BCUT2D eigenvalue weighted by Gasteiger charge is -2.10. The quantitative estimate of drug-likeness (QED) is 0.838. The van der Waals surface area contributed by atoms with Crippen molar-refractivity contribution in [1.82, 2.24) is 10.3 Å². The molecule has 0 fully saturated rings. The standard InChI is InChI=1S/C15H18N2O4/c1-19-13-4-3-11(7-14(13)20-2)5-6-16-15(18)8-12-9-21-10-17-12/h3-4,7,9-10H,5-6,8H2,1-2H3,(H,16,18). The number of rotatable bonds is 7. The molecule has 1 amide bonds. The molecular formula is C15H18N2O4. The molecule has 112 valence electrons. The number of oxazole rings is 1. The van der Waals surface area contributed by atoms with Gasteiger partial charge in [-0.05, 0) is 24.1 Å². The Kier molecular flexibility index (Phi) is 5.20. The molecule has 1 aromatic carbocycles. The van der Waals surface area contributed by atoms with Crippen molar-refractivity contribution in [2.75, 3.05) is 20.8 Å². The fourth-order valence-electron chi connectivity index (χ4n) is 1.93. The molecule has 0 atom stereocenters. The van der Waals surface area contributed by atoms with Gasteiger partial charge in [-0.3, -0.25) is 4.79 Å². The van der Waals surface area contributed by atoms with Gasteiger partial charge in [-0.1, -0.05) is 6.07 Å². The van der Waals surface area contributed by atoms with Crippen LogP contribution in [0, 0.1) is 0 Å². The first-order chi connectivity index (χ1) is 10.2. The van der Waals surface area contributed by atoms with Crippen molar-refractivity contribution >= 4 is 5.91 Å². The number of carbonyl (C=O) groups excluding carboxylic acids is 1. The second-order valence-electron chi connectivity index (χ2n) is 4.45. The molecule has 0 unspecified atom stereocenters. The highest BCUT2D eigenvalue weighted by molar-refractivity contribution is 5.77. The van der Waals surface area contributed by atoms with Gasteiger partial charge in [0, 0.05) is 6.54 Å². The summed E-state index contributed by atoms with van der Waals surface area (Å²) in [5.41, 5.74) is 1.69. The Balaban J connectivity index is 1.81. The number of nitrogens with zero attached hydrogens (tertiary/aromatic N) is 1. The number of ether oxygens (including phenoxy) is 2. The SMILES string of the molecule is COc1ccc(CCNC(=O)Cc2cocn2)cc1OC. The summed E-state index contributed by atoms with van der Waals surface area (Å²) in [6.45, 7) is 0.548. The highest BCUT2D eigenvalue weighted by atomic mass is 16.5. The predicted octanol–water partition coefficient (Wildman–Crippen LogP) is 1.59. The van der Waals surface area contributed by atoms with Crippen LogP contribution in [0.15, 0.2) is 35.3 Å². The molecule has 0 aliphatic rings. The summed E-state index contributed by atoms with van der Waals surface area (Å²) < 4.78 is 15.2. The summed E-state index contributed by atoms with van der Waals surface area (Å²) >= 11 is 0. The monoisotopic (exact) mass is 290 g/mol. The van der Waals surface area contributed by atoms with Crippen molar-refractivity contribution in [1.29, 1.82) is 0 Å². The van der Waals surface area contributed by atoms with Gasteiger partial charge in [-0.25, -0.2) is 4.98 Å². The van der Waals surface area contributed by atoms with E-state index in [9.17, 15) is 4.79 Å². The molecule has 0 spiro atoms. The molecule has 21 heavy (non-hydrogen) atoms. The second-order valence-corrected chi connectivity index (χ2v) is 4.45. The average Bonchev–Trinajstić information content (AvgIpc) is 2.99. The predicted molar refractivity (Wildman–Crippen MR) is 76.5 cm³/mol. The van der Waals surface area contributed by atoms with E-state index >= 15 is 0 Å². The van der Waals surface area contributed by atoms with Crippen LogP contribution in [0.4, 0.5) is 0 Å². The van der Waals surface area contributed by atoms with E-state index in [0.29, 0.717) is 30.2 Å². The maximum Gasteiger partial charge on any atom is 0.226 e. The van der Waals surface area contributed by atoms with Gasteiger partial charge in [-0.15, -0.1) is 0 Å². The number of hydrogen-bond donors (Lipinski definition) is 1. The number of aromatic nitrogens is 1. The minimum Gasteiger partial charge on any atom is -0.493 e. The third kappa shape index (κ3) is 4.24. The van der Waals surface area contributed by atoms with E-state index in [0.717, 1.165) is 5.56 Å². The van der Waals surface area contributed by atoms with Crippen LogP contribution in [0.3, 0.4) is 0 Å². The summed E-state index contributed by atoms with van der Waals surface area (Å²) in [5, 5.41) is 2.84. The first kappa shape index (κ1) is 14.9. The minimum atomic E-state index is -0.0793. The van der Waals surface area contributed by atoms with Gasteiger partial charge >= 0.3 is 0 Å². The lowest BCUT2D eigenvalue weighted by molar-refractivity contribution is -0.120. The van der Waals surface area contributed by atoms with Crippen molar-refractivity contribution in [2.24, 2.45) is 0 Å². The van der Waals surface area contributed by atoms with E-state index in [1.165, 1.54) is 12.7 Å². The first-order valence-electron chi connectivity index (χ1n) is 6.57. The average molecular weight is 290 g/mol. The molecule has 0 aliphatic heterocycles. The van der Waals surface area contributed by atoms with E-state index in [1.54, 1.807) is 14.2 Å². The molecule has 1 heterocycles. The number of benzene rings is 1. The van der Waals surface area contributed by atoms with Gasteiger partial charge < -0.3 is 19.2 Å². The number of nitrogens with one attached hydrogen (secondary N) is 1. The van der Waals surface area contributed by atoms with Crippen LogP contribution in [0.1, 0.15) is 11.3 Å². The lowest BCUT2D eigenvalue weighted by Crippen LogP contribution is -2.27. The molecule has 0 saturated heterocycles. The van der Waals surface area contributed by atoms with Crippen molar-refractivity contribution in [2.45, 2.75) is 12.8 Å². The van der Waals surface area contributed by atoms with Crippen molar-refractivity contribution in [3.63, 3.8) is 0 Å². The number of methoxy groups -OCH3 is 2. The Morgan fingerprint density at radius 1 is 1.29 bits per heavy atom. The van der Waals surface area contributed by atoms with E-state index in [4.69, 9.17) is 13.9 Å². The molecule has 0 saturated carbocycles. The van der Waals surface area contributed by atoms with E-state index < -0.39 is 0 Å². The van der Waals surface area contributed by atoms with Crippen LogP contribution in [0.2, 0.25) is 0 Å². The fourth-order valence-corrected chi connectivity index (χ4v) is 1.93. The van der Waals surface area contributed by atoms with Gasteiger partial charge in [0.15, 0.2) is 17.9 Å². The van der Waals surface area contributed by atoms with Gasteiger partial charge in [-0.2, -0.15) is 0 Å². The van der Waals surface area contributed by atoms with Crippen LogP contribution in [0.5, 0.6) is 11.5 Å². The lowest BCUT2D eigenvalue weighted by atomic mass is 10.1. The molecule has 2 aromatic rings. The molecule has 0 radical (unpaired) electrons. The van der Waals surface area contributed by atoms with Gasteiger partial charge in [0.25, 0.3) is 0 Å². The summed E-state index contributed by atoms with van der Waals surface area (Å²) in [4.78, 5) is 15.6. The van der Waals surface area contributed by atoms with Crippen LogP contribution < -0.4 is 14.8 Å². The van der Waals surface area contributed by atoms with Crippen molar-refractivity contribution in [3.05, 3.63) is 42.1 Å². The van der Waals surface area contributed by atoms with Gasteiger partial charge in [0.1, 0.15) is 6.26 Å². The largest absolute Gasteiger partial charge is 0.493 e. The summed E-state index contributed by atoms with van der Waals surface area (Å²) in [5.74, 6) is 1.30. The molecule has 1 N–H and O–H groups in total. The second kappa shape index (κ2) is 7.33. The zero-order valence-electron chi connectivity index (χ0n) is 12.1. The third-order valence-electron chi connectivity index (χ3n) is 3.01. The summed E-state index contributed by atoms with van der Waals surface area (Å²) in [6, 6.07) is 5.71. The van der Waals surface area contributed by atoms with Gasteiger partial charge in [0.2, 0.25) is 5.91 Å². The summed E-state index contributed by atoms with van der Waals surface area (Å²) in [7, 11) is 3.20. The molecule has 6 heteroatoms. The van der Waals surface area contributed by atoms with Crippen molar-refractivity contribution < 1.29 is 18.7 Å². The van der Waals surface area contributed by atoms with E-state index in [1.807, 2.05) is 18.2 Å².